The van der Waals surface area contributed by atoms with E-state index in [-0.39, 0.29) is 5.41 Å². The van der Waals surface area contributed by atoms with Crippen LogP contribution in [0.5, 0.6) is 0 Å². The molecule has 0 spiro atoms. The van der Waals surface area contributed by atoms with E-state index in [4.69, 9.17) is 19.4 Å². The first-order chi connectivity index (χ1) is 23.1. The van der Waals surface area contributed by atoms with Crippen LogP contribution < -0.4 is 0 Å². The van der Waals surface area contributed by atoms with Crippen molar-refractivity contribution in [2.45, 2.75) is 19.3 Å². The SMILES string of the molecule is CC1(C)c2ccccc2-c2cc3c4ccccc4n(-c4nc(-c5ccccc5)nc(-c5cccc6oc7ccccc7c56)n4)c3cc21. The monoisotopic (exact) mass is 604 g/mol. The number of hydrogen-bond donors (Lipinski definition) is 0. The molecule has 9 aromatic rings. The number of benzene rings is 6. The van der Waals surface area contributed by atoms with Gasteiger partial charge in [-0.15, -0.1) is 0 Å². The average Bonchev–Trinajstić information content (AvgIpc) is 3.73. The fourth-order valence-electron chi connectivity index (χ4n) is 7.64. The summed E-state index contributed by atoms with van der Waals surface area (Å²) < 4.78 is 8.48. The second-order valence-electron chi connectivity index (χ2n) is 12.9. The molecule has 222 valence electrons. The Morgan fingerprint density at radius 2 is 1.21 bits per heavy atom. The van der Waals surface area contributed by atoms with Crippen molar-refractivity contribution in [2.24, 2.45) is 0 Å². The van der Waals surface area contributed by atoms with Gasteiger partial charge in [0.2, 0.25) is 5.95 Å². The maximum atomic E-state index is 6.26. The molecule has 1 aliphatic carbocycles. The molecule has 0 saturated carbocycles. The van der Waals surface area contributed by atoms with Crippen molar-refractivity contribution < 1.29 is 4.42 Å². The van der Waals surface area contributed by atoms with E-state index in [9.17, 15) is 0 Å². The van der Waals surface area contributed by atoms with Crippen LogP contribution in [0.3, 0.4) is 0 Å². The number of rotatable bonds is 3. The molecule has 5 heteroatoms. The largest absolute Gasteiger partial charge is 0.456 e. The maximum absolute atomic E-state index is 6.26. The maximum Gasteiger partial charge on any atom is 0.238 e. The van der Waals surface area contributed by atoms with Gasteiger partial charge in [0.15, 0.2) is 11.6 Å². The molecule has 3 heterocycles. The molecule has 0 aliphatic heterocycles. The third-order valence-electron chi connectivity index (χ3n) is 9.87. The zero-order valence-corrected chi connectivity index (χ0v) is 25.9. The molecule has 0 radical (unpaired) electrons. The Morgan fingerprint density at radius 1 is 0.511 bits per heavy atom. The number of hydrogen-bond acceptors (Lipinski definition) is 4. The Labute approximate surface area is 270 Å². The lowest BCUT2D eigenvalue weighted by Gasteiger charge is -2.21. The van der Waals surface area contributed by atoms with Crippen molar-refractivity contribution in [3.63, 3.8) is 0 Å². The summed E-state index contributed by atoms with van der Waals surface area (Å²) in [7, 11) is 0. The van der Waals surface area contributed by atoms with Crippen LogP contribution in [0.1, 0.15) is 25.0 Å². The lowest BCUT2D eigenvalue weighted by molar-refractivity contribution is 0.661. The highest BCUT2D eigenvalue weighted by Crippen LogP contribution is 2.51. The molecule has 0 bridgehead atoms. The van der Waals surface area contributed by atoms with E-state index < -0.39 is 0 Å². The predicted octanol–water partition coefficient (Wildman–Crippen LogP) is 10.5. The van der Waals surface area contributed by atoms with E-state index in [0.29, 0.717) is 17.6 Å². The molecular formula is C42H28N4O. The first kappa shape index (κ1) is 26.2. The predicted molar refractivity (Wildman–Crippen MR) is 190 cm³/mol. The number of furan rings is 1. The fraction of sp³-hybridized carbons (Fsp3) is 0.0714. The Bertz CT molecular complexity index is 2720. The van der Waals surface area contributed by atoms with Crippen molar-refractivity contribution in [3.05, 3.63) is 145 Å². The van der Waals surface area contributed by atoms with Gasteiger partial charge < -0.3 is 4.42 Å². The quantitative estimate of drug-likeness (QED) is 0.201. The second kappa shape index (κ2) is 9.47. The molecule has 3 aromatic heterocycles. The minimum atomic E-state index is -0.140. The zero-order valence-electron chi connectivity index (χ0n) is 25.9. The van der Waals surface area contributed by atoms with Crippen molar-refractivity contribution in [1.29, 1.82) is 0 Å². The van der Waals surface area contributed by atoms with E-state index >= 15 is 0 Å². The van der Waals surface area contributed by atoms with Crippen molar-refractivity contribution in [2.75, 3.05) is 0 Å². The third kappa shape index (κ3) is 3.68. The van der Waals surface area contributed by atoms with E-state index in [1.54, 1.807) is 0 Å². The number of nitrogens with zero attached hydrogens (tertiary/aromatic N) is 4. The Hall–Kier alpha value is -6.07. The standard InChI is InChI=1S/C42H28N4O/c1-42(2)32-19-9-6-15-26(32)30-23-31-27-16-7-10-20-34(27)46(35(31)24-33(30)42)41-44-39(25-13-4-3-5-14-25)43-40(45-41)29-18-12-22-37-38(29)28-17-8-11-21-36(28)47-37/h3-24H,1-2H3. The highest BCUT2D eigenvalue weighted by molar-refractivity contribution is 6.13. The summed E-state index contributed by atoms with van der Waals surface area (Å²) in [5, 5.41) is 4.38. The van der Waals surface area contributed by atoms with Gasteiger partial charge in [0.1, 0.15) is 11.2 Å². The van der Waals surface area contributed by atoms with Gasteiger partial charge in [0.05, 0.1) is 11.0 Å². The molecule has 0 fully saturated rings. The first-order valence-corrected chi connectivity index (χ1v) is 16.0. The zero-order chi connectivity index (χ0) is 31.3. The summed E-state index contributed by atoms with van der Waals surface area (Å²) in [6, 6.07) is 46.5. The normalized spacial score (nSPS) is 13.5. The van der Waals surface area contributed by atoms with Crippen LogP contribution >= 0.6 is 0 Å². The average molecular weight is 605 g/mol. The Balaban J connectivity index is 1.30. The number of aromatic nitrogens is 4. The van der Waals surface area contributed by atoms with Gasteiger partial charge in [-0.05, 0) is 52.6 Å². The summed E-state index contributed by atoms with van der Waals surface area (Å²) in [6.45, 7) is 4.64. The highest BCUT2D eigenvalue weighted by Gasteiger charge is 2.36. The van der Waals surface area contributed by atoms with Crippen LogP contribution in [0.2, 0.25) is 0 Å². The van der Waals surface area contributed by atoms with Crippen LogP contribution in [0.15, 0.2) is 138 Å². The first-order valence-electron chi connectivity index (χ1n) is 16.0. The molecule has 0 amide bonds. The van der Waals surface area contributed by atoms with Gasteiger partial charge in [-0.2, -0.15) is 9.97 Å². The van der Waals surface area contributed by atoms with Crippen molar-refractivity contribution >= 4 is 43.7 Å². The Morgan fingerprint density at radius 3 is 2.11 bits per heavy atom. The van der Waals surface area contributed by atoms with Gasteiger partial charge in [-0.25, -0.2) is 4.98 Å². The van der Waals surface area contributed by atoms with Gasteiger partial charge in [0, 0.05) is 38.1 Å². The molecule has 0 atom stereocenters. The van der Waals surface area contributed by atoms with E-state index in [1.807, 2.05) is 48.5 Å². The molecule has 0 unspecified atom stereocenters. The number of fused-ring (bicyclic) bond motifs is 9. The van der Waals surface area contributed by atoms with Crippen molar-refractivity contribution in [1.82, 2.24) is 19.5 Å². The van der Waals surface area contributed by atoms with E-state index in [2.05, 4.69) is 103 Å². The van der Waals surface area contributed by atoms with E-state index in [0.717, 1.165) is 44.1 Å². The fourth-order valence-corrected chi connectivity index (χ4v) is 7.64. The lowest BCUT2D eigenvalue weighted by atomic mass is 9.82. The van der Waals surface area contributed by atoms with Crippen LogP contribution in [0.4, 0.5) is 0 Å². The highest BCUT2D eigenvalue weighted by atomic mass is 16.3. The van der Waals surface area contributed by atoms with Crippen LogP contribution in [-0.2, 0) is 5.41 Å². The van der Waals surface area contributed by atoms with Gasteiger partial charge in [-0.1, -0.05) is 117 Å². The Kier molecular flexibility index (Phi) is 5.28. The van der Waals surface area contributed by atoms with Crippen LogP contribution in [-0.4, -0.2) is 19.5 Å². The van der Waals surface area contributed by atoms with Gasteiger partial charge in [0.25, 0.3) is 0 Å². The molecule has 0 N–H and O–H groups in total. The molecule has 47 heavy (non-hydrogen) atoms. The summed E-state index contributed by atoms with van der Waals surface area (Å²) in [5.41, 5.74) is 10.7. The minimum absolute atomic E-state index is 0.140. The molecule has 1 aliphatic rings. The third-order valence-corrected chi connectivity index (χ3v) is 9.87. The lowest BCUT2D eigenvalue weighted by Crippen LogP contribution is -2.15. The van der Waals surface area contributed by atoms with Crippen LogP contribution in [0, 0.1) is 0 Å². The van der Waals surface area contributed by atoms with E-state index in [1.165, 1.54) is 33.0 Å². The topological polar surface area (TPSA) is 56.7 Å². The van der Waals surface area contributed by atoms with Crippen LogP contribution in [0.25, 0.3) is 83.6 Å². The second-order valence-corrected chi connectivity index (χ2v) is 12.9. The summed E-state index contributed by atoms with van der Waals surface area (Å²) in [4.78, 5) is 15.6. The molecular weight excluding hydrogens is 576 g/mol. The summed E-state index contributed by atoms with van der Waals surface area (Å²) in [5.74, 6) is 1.80. The van der Waals surface area contributed by atoms with Gasteiger partial charge >= 0.3 is 0 Å². The summed E-state index contributed by atoms with van der Waals surface area (Å²) >= 11 is 0. The molecule has 10 rings (SSSR count). The summed E-state index contributed by atoms with van der Waals surface area (Å²) in [6.07, 6.45) is 0. The molecule has 5 nitrogen and oxygen atoms in total. The molecule has 6 aromatic carbocycles. The van der Waals surface area contributed by atoms with Gasteiger partial charge in [-0.3, -0.25) is 4.57 Å². The molecule has 0 saturated heterocycles. The number of para-hydroxylation sites is 2. The smallest absolute Gasteiger partial charge is 0.238 e. The van der Waals surface area contributed by atoms with Crippen molar-refractivity contribution in [3.8, 4) is 39.9 Å². The minimum Gasteiger partial charge on any atom is -0.456 e.